The summed E-state index contributed by atoms with van der Waals surface area (Å²) in [5, 5.41) is 13.4. The average Bonchev–Trinajstić information content (AvgIpc) is 2.94. The van der Waals surface area contributed by atoms with Crippen molar-refractivity contribution in [1.82, 2.24) is 5.32 Å². The van der Waals surface area contributed by atoms with E-state index in [1.807, 2.05) is 12.1 Å². The number of hydrogen-bond donors (Lipinski definition) is 2. The van der Waals surface area contributed by atoms with Crippen molar-refractivity contribution in [3.8, 4) is 17.2 Å². The maximum Gasteiger partial charge on any atom is 0.231 e. The summed E-state index contributed by atoms with van der Waals surface area (Å²) in [5.74, 6) is 2.26. The molecule has 2 unspecified atom stereocenters. The molecule has 21 heavy (non-hydrogen) atoms. The largest absolute Gasteiger partial charge is 0.487 e. The molecule has 0 spiro atoms. The van der Waals surface area contributed by atoms with Gasteiger partial charge in [0.05, 0.1) is 6.10 Å². The van der Waals surface area contributed by atoms with E-state index in [0.717, 1.165) is 55.0 Å². The van der Waals surface area contributed by atoms with Crippen LogP contribution < -0.4 is 19.5 Å². The molecule has 1 aliphatic carbocycles. The number of fused-ring (bicyclic) bond motifs is 1. The lowest BCUT2D eigenvalue weighted by molar-refractivity contribution is 0.00628. The van der Waals surface area contributed by atoms with E-state index in [9.17, 15) is 5.11 Å². The van der Waals surface area contributed by atoms with Crippen molar-refractivity contribution in [2.45, 2.75) is 51.4 Å². The summed E-state index contributed by atoms with van der Waals surface area (Å²) in [5.41, 5.74) is 1.04. The van der Waals surface area contributed by atoms with Crippen molar-refractivity contribution >= 4 is 0 Å². The molecule has 2 aliphatic rings. The minimum atomic E-state index is -0.379. The number of hydrogen-bond acceptors (Lipinski definition) is 5. The Morgan fingerprint density at radius 3 is 2.76 bits per heavy atom. The molecular weight excluding hydrogens is 270 g/mol. The van der Waals surface area contributed by atoms with Crippen LogP contribution in [0, 0.1) is 0 Å². The molecule has 1 saturated carbocycles. The molecule has 5 nitrogen and oxygen atoms in total. The zero-order chi connectivity index (χ0) is 14.7. The van der Waals surface area contributed by atoms with Crippen LogP contribution >= 0.6 is 0 Å². The zero-order valence-corrected chi connectivity index (χ0v) is 12.4. The molecule has 2 N–H and O–H groups in total. The van der Waals surface area contributed by atoms with Crippen LogP contribution in [0.1, 0.15) is 38.2 Å². The third-order valence-electron chi connectivity index (χ3n) is 4.07. The molecule has 1 fully saturated rings. The van der Waals surface area contributed by atoms with E-state index in [0.29, 0.717) is 6.54 Å². The first-order chi connectivity index (χ1) is 10.3. The first-order valence-electron chi connectivity index (χ1n) is 7.76. The normalized spacial score (nSPS) is 24.1. The molecule has 5 heteroatoms. The lowest BCUT2D eigenvalue weighted by Crippen LogP contribution is -2.35. The average molecular weight is 293 g/mol. The van der Waals surface area contributed by atoms with E-state index in [1.54, 1.807) is 0 Å². The molecule has 1 aromatic carbocycles. The standard InChI is InChI=1S/C16H23NO4/c1-2-17-9-11-7-15-16(20-10-19-15)8-14(11)21-13-6-4-3-5-12(13)18/h7-8,12-13,17-18H,2-6,9-10H2,1H3. The fraction of sp³-hybridized carbons (Fsp3) is 0.625. The second kappa shape index (κ2) is 6.54. The van der Waals surface area contributed by atoms with Gasteiger partial charge in [-0.05, 0) is 31.9 Å². The van der Waals surface area contributed by atoms with Crippen molar-refractivity contribution in [1.29, 1.82) is 0 Å². The van der Waals surface area contributed by atoms with E-state index >= 15 is 0 Å². The Morgan fingerprint density at radius 2 is 2.00 bits per heavy atom. The fourth-order valence-electron chi connectivity index (χ4n) is 2.85. The highest BCUT2D eigenvalue weighted by Gasteiger charge is 2.26. The topological polar surface area (TPSA) is 60.0 Å². The predicted octanol–water partition coefficient (Wildman–Crippen LogP) is 2.21. The highest BCUT2D eigenvalue weighted by atomic mass is 16.7. The van der Waals surface area contributed by atoms with Crippen LogP contribution in [-0.4, -0.2) is 30.7 Å². The minimum Gasteiger partial charge on any atom is -0.487 e. The van der Waals surface area contributed by atoms with E-state index < -0.39 is 0 Å². The summed E-state index contributed by atoms with van der Waals surface area (Å²) in [6.07, 6.45) is 3.39. The lowest BCUT2D eigenvalue weighted by atomic mass is 9.95. The first-order valence-corrected chi connectivity index (χ1v) is 7.76. The maximum atomic E-state index is 10.1. The van der Waals surface area contributed by atoms with Gasteiger partial charge in [0, 0.05) is 18.2 Å². The third-order valence-corrected chi connectivity index (χ3v) is 4.07. The Bertz CT molecular complexity index is 491. The summed E-state index contributed by atoms with van der Waals surface area (Å²) in [7, 11) is 0. The Balaban J connectivity index is 1.81. The van der Waals surface area contributed by atoms with Crippen molar-refractivity contribution in [3.05, 3.63) is 17.7 Å². The van der Waals surface area contributed by atoms with Gasteiger partial charge in [-0.3, -0.25) is 0 Å². The Hall–Kier alpha value is -1.46. The van der Waals surface area contributed by atoms with Crippen molar-refractivity contribution in [3.63, 3.8) is 0 Å². The van der Waals surface area contributed by atoms with Gasteiger partial charge in [0.15, 0.2) is 11.5 Å². The van der Waals surface area contributed by atoms with Crippen LogP contribution in [0.5, 0.6) is 17.2 Å². The zero-order valence-electron chi connectivity index (χ0n) is 12.4. The van der Waals surface area contributed by atoms with Crippen LogP contribution in [0.3, 0.4) is 0 Å². The SMILES string of the molecule is CCNCc1cc2c(cc1OC1CCCCC1O)OCO2. The molecule has 116 valence electrons. The Labute approximate surface area is 125 Å². The lowest BCUT2D eigenvalue weighted by Gasteiger charge is -2.29. The molecule has 2 atom stereocenters. The molecule has 1 aromatic rings. The van der Waals surface area contributed by atoms with Crippen molar-refractivity contribution < 1.29 is 19.3 Å². The number of rotatable bonds is 5. The van der Waals surface area contributed by atoms with E-state index in [1.165, 1.54) is 0 Å². The van der Waals surface area contributed by atoms with E-state index in [2.05, 4.69) is 12.2 Å². The van der Waals surface area contributed by atoms with Gasteiger partial charge in [-0.1, -0.05) is 13.3 Å². The van der Waals surface area contributed by atoms with Gasteiger partial charge in [0.1, 0.15) is 11.9 Å². The van der Waals surface area contributed by atoms with Crippen molar-refractivity contribution in [2.24, 2.45) is 0 Å². The Morgan fingerprint density at radius 1 is 1.24 bits per heavy atom. The van der Waals surface area contributed by atoms with Crippen LogP contribution in [-0.2, 0) is 6.54 Å². The molecular formula is C16H23NO4. The molecule has 0 saturated heterocycles. The highest BCUT2D eigenvalue weighted by molar-refractivity contribution is 5.52. The summed E-state index contributed by atoms with van der Waals surface area (Å²) in [6.45, 7) is 3.93. The molecule has 0 radical (unpaired) electrons. The van der Waals surface area contributed by atoms with Gasteiger partial charge < -0.3 is 24.6 Å². The quantitative estimate of drug-likeness (QED) is 0.871. The minimum absolute atomic E-state index is 0.125. The summed E-state index contributed by atoms with van der Waals surface area (Å²) < 4.78 is 17.0. The summed E-state index contributed by atoms with van der Waals surface area (Å²) in [4.78, 5) is 0. The summed E-state index contributed by atoms with van der Waals surface area (Å²) in [6, 6.07) is 3.85. The van der Waals surface area contributed by atoms with Crippen LogP contribution in [0.25, 0.3) is 0 Å². The monoisotopic (exact) mass is 293 g/mol. The number of ether oxygens (including phenoxy) is 3. The second-order valence-electron chi connectivity index (χ2n) is 5.60. The van der Waals surface area contributed by atoms with Gasteiger partial charge in [0.25, 0.3) is 0 Å². The molecule has 3 rings (SSSR count). The van der Waals surface area contributed by atoms with E-state index in [-0.39, 0.29) is 19.0 Å². The van der Waals surface area contributed by atoms with Gasteiger partial charge in [-0.2, -0.15) is 0 Å². The smallest absolute Gasteiger partial charge is 0.231 e. The highest BCUT2D eigenvalue weighted by Crippen LogP contribution is 2.39. The van der Waals surface area contributed by atoms with Gasteiger partial charge in [-0.15, -0.1) is 0 Å². The molecule has 1 aliphatic heterocycles. The maximum absolute atomic E-state index is 10.1. The number of aliphatic hydroxyl groups excluding tert-OH is 1. The predicted molar refractivity (Wildman–Crippen MR) is 78.8 cm³/mol. The second-order valence-corrected chi connectivity index (χ2v) is 5.60. The van der Waals surface area contributed by atoms with Crippen LogP contribution in [0.4, 0.5) is 0 Å². The van der Waals surface area contributed by atoms with Crippen molar-refractivity contribution in [2.75, 3.05) is 13.3 Å². The van der Waals surface area contributed by atoms with Crippen LogP contribution in [0.2, 0.25) is 0 Å². The molecule has 0 aromatic heterocycles. The summed E-state index contributed by atoms with van der Waals surface area (Å²) >= 11 is 0. The van der Waals surface area contributed by atoms with Gasteiger partial charge in [-0.25, -0.2) is 0 Å². The van der Waals surface area contributed by atoms with Crippen LogP contribution in [0.15, 0.2) is 12.1 Å². The Kier molecular flexibility index (Phi) is 4.51. The van der Waals surface area contributed by atoms with Gasteiger partial charge in [0.2, 0.25) is 6.79 Å². The van der Waals surface area contributed by atoms with Gasteiger partial charge >= 0.3 is 0 Å². The molecule has 1 heterocycles. The number of nitrogens with one attached hydrogen (secondary N) is 1. The van der Waals surface area contributed by atoms with E-state index in [4.69, 9.17) is 14.2 Å². The fourth-order valence-corrected chi connectivity index (χ4v) is 2.85. The third kappa shape index (κ3) is 3.24. The molecule has 0 bridgehead atoms. The molecule has 0 amide bonds. The number of benzene rings is 1. The first kappa shape index (κ1) is 14.5. The number of aliphatic hydroxyl groups is 1.